The minimum atomic E-state index is -0.812. The summed E-state index contributed by atoms with van der Waals surface area (Å²) in [5.41, 5.74) is 0.240. The predicted octanol–water partition coefficient (Wildman–Crippen LogP) is 2.69. The molecule has 0 fully saturated rings. The molecule has 0 saturated heterocycles. The van der Waals surface area contributed by atoms with Crippen LogP contribution < -0.4 is 10.1 Å². The minimum absolute atomic E-state index is 0.304. The number of methoxy groups -OCH3 is 1. The lowest BCUT2D eigenvalue weighted by molar-refractivity contribution is -0.143. The molecule has 1 amide bonds. The number of hydrogen-bond acceptors (Lipinski definition) is 5. The van der Waals surface area contributed by atoms with Crippen LogP contribution in [0, 0.1) is 0 Å². The molecule has 1 atom stereocenters. The lowest BCUT2D eigenvalue weighted by Gasteiger charge is -2.22. The van der Waals surface area contributed by atoms with Crippen LogP contribution in [-0.2, 0) is 20.7 Å². The largest absolute Gasteiger partial charge is 0.494 e. The number of alkyl carbamates (subject to hydrolysis) is 1. The number of benzene rings is 1. The zero-order valence-electron chi connectivity index (χ0n) is 14.3. The molecule has 128 valence electrons. The van der Waals surface area contributed by atoms with E-state index in [4.69, 9.17) is 14.2 Å². The van der Waals surface area contributed by atoms with Gasteiger partial charge in [-0.15, -0.1) is 0 Å². The van der Waals surface area contributed by atoms with Crippen LogP contribution in [0.1, 0.15) is 33.3 Å². The van der Waals surface area contributed by atoms with E-state index in [1.54, 1.807) is 20.8 Å². The Morgan fingerprint density at radius 2 is 1.78 bits per heavy atom. The third-order valence-corrected chi connectivity index (χ3v) is 2.85. The second-order valence-electron chi connectivity index (χ2n) is 6.00. The van der Waals surface area contributed by atoms with Crippen molar-refractivity contribution in [2.45, 2.75) is 45.8 Å². The highest BCUT2D eigenvalue weighted by molar-refractivity contribution is 5.81. The van der Waals surface area contributed by atoms with Crippen molar-refractivity contribution in [1.82, 2.24) is 5.32 Å². The number of amides is 1. The maximum Gasteiger partial charge on any atom is 0.408 e. The predicted molar refractivity (Wildman–Crippen MR) is 86.5 cm³/mol. The molecular weight excluding hydrogens is 298 g/mol. The Balaban J connectivity index is 2.74. The average Bonchev–Trinajstić information content (AvgIpc) is 2.46. The van der Waals surface area contributed by atoms with Gasteiger partial charge in [0.2, 0.25) is 0 Å². The second kappa shape index (κ2) is 8.41. The summed E-state index contributed by atoms with van der Waals surface area (Å²) in [6.45, 7) is 7.76. The summed E-state index contributed by atoms with van der Waals surface area (Å²) in [5.74, 6) is 0.232. The number of carbonyl (C=O) groups excluding carboxylic acids is 2. The molecule has 0 bridgehead atoms. The first-order valence-electron chi connectivity index (χ1n) is 7.54. The molecular formula is C17H25NO5. The monoisotopic (exact) mass is 323 g/mol. The molecule has 1 rings (SSSR count). The Morgan fingerprint density at radius 1 is 1.17 bits per heavy atom. The molecule has 0 radical (unpaired) electrons. The van der Waals surface area contributed by atoms with Crippen molar-refractivity contribution in [3.8, 4) is 5.75 Å². The zero-order valence-corrected chi connectivity index (χ0v) is 14.3. The van der Waals surface area contributed by atoms with Gasteiger partial charge >= 0.3 is 12.1 Å². The van der Waals surface area contributed by atoms with Crippen LogP contribution in [0.2, 0.25) is 0 Å². The molecule has 6 heteroatoms. The lowest BCUT2D eigenvalue weighted by atomic mass is 10.1. The third kappa shape index (κ3) is 7.04. The molecule has 0 aliphatic rings. The van der Waals surface area contributed by atoms with Crippen molar-refractivity contribution in [3.63, 3.8) is 0 Å². The number of carbonyl (C=O) groups is 2. The summed E-state index contributed by atoms with van der Waals surface area (Å²) in [6.07, 6.45) is -0.350. The fourth-order valence-electron chi connectivity index (χ4n) is 1.91. The number of rotatable bonds is 6. The minimum Gasteiger partial charge on any atom is -0.494 e. The van der Waals surface area contributed by atoms with Crippen molar-refractivity contribution in [2.24, 2.45) is 0 Å². The van der Waals surface area contributed by atoms with Gasteiger partial charge in [0, 0.05) is 6.42 Å². The smallest absolute Gasteiger partial charge is 0.408 e. The van der Waals surface area contributed by atoms with Crippen molar-refractivity contribution in [3.05, 3.63) is 29.8 Å². The van der Waals surface area contributed by atoms with Crippen molar-refractivity contribution >= 4 is 12.1 Å². The first kappa shape index (κ1) is 18.8. The molecule has 23 heavy (non-hydrogen) atoms. The van der Waals surface area contributed by atoms with Crippen LogP contribution in [0.25, 0.3) is 0 Å². The first-order chi connectivity index (χ1) is 10.7. The molecule has 6 nitrogen and oxygen atoms in total. The molecule has 0 aromatic heterocycles. The molecule has 0 unspecified atom stereocenters. The quantitative estimate of drug-likeness (QED) is 0.815. The molecule has 0 spiro atoms. The molecule has 1 aromatic carbocycles. The van der Waals surface area contributed by atoms with Gasteiger partial charge in [0.25, 0.3) is 0 Å². The van der Waals surface area contributed by atoms with Gasteiger partial charge in [-0.2, -0.15) is 0 Å². The van der Waals surface area contributed by atoms with Crippen LogP contribution in [0.4, 0.5) is 4.79 Å². The summed E-state index contributed by atoms with van der Waals surface area (Å²) in [5, 5.41) is 2.55. The second-order valence-corrected chi connectivity index (χ2v) is 6.00. The van der Waals surface area contributed by atoms with Crippen LogP contribution in [0.5, 0.6) is 5.75 Å². The van der Waals surface area contributed by atoms with Crippen molar-refractivity contribution in [1.29, 1.82) is 0 Å². The SMILES string of the molecule is CCOc1ccc(C[C@H](NC(=O)OC(C)(C)C)C(=O)OC)cc1. The molecule has 1 N–H and O–H groups in total. The summed E-state index contributed by atoms with van der Waals surface area (Å²) >= 11 is 0. The Bertz CT molecular complexity index is 519. The Kier molecular flexibility index (Phi) is 6.88. The van der Waals surface area contributed by atoms with Crippen molar-refractivity contribution < 1.29 is 23.8 Å². The first-order valence-corrected chi connectivity index (χ1v) is 7.54. The van der Waals surface area contributed by atoms with E-state index in [2.05, 4.69) is 5.32 Å². The van der Waals surface area contributed by atoms with E-state index in [0.717, 1.165) is 11.3 Å². The molecule has 0 saturated carbocycles. The number of esters is 1. The molecule has 1 aromatic rings. The van der Waals surface area contributed by atoms with Gasteiger partial charge in [-0.1, -0.05) is 12.1 Å². The molecule has 0 aliphatic heterocycles. The van der Waals surface area contributed by atoms with Crippen LogP contribution in [0.3, 0.4) is 0 Å². The maximum atomic E-state index is 11.9. The Labute approximate surface area is 137 Å². The topological polar surface area (TPSA) is 73.9 Å². The summed E-state index contributed by atoms with van der Waals surface area (Å²) < 4.78 is 15.3. The van der Waals surface area contributed by atoms with Crippen LogP contribution >= 0.6 is 0 Å². The Morgan fingerprint density at radius 3 is 2.26 bits per heavy atom. The van der Waals surface area contributed by atoms with Gasteiger partial charge in [0.15, 0.2) is 0 Å². The summed E-state index contributed by atoms with van der Waals surface area (Å²) in [7, 11) is 1.28. The van der Waals surface area contributed by atoms with Gasteiger partial charge < -0.3 is 19.5 Å². The highest BCUT2D eigenvalue weighted by Crippen LogP contribution is 2.14. The zero-order chi connectivity index (χ0) is 17.5. The van der Waals surface area contributed by atoms with Gasteiger partial charge in [-0.3, -0.25) is 0 Å². The number of nitrogens with one attached hydrogen (secondary N) is 1. The number of ether oxygens (including phenoxy) is 3. The molecule has 0 aliphatic carbocycles. The molecule has 0 heterocycles. The normalized spacial score (nSPS) is 12.2. The average molecular weight is 323 g/mol. The van der Waals surface area contributed by atoms with Crippen LogP contribution in [0.15, 0.2) is 24.3 Å². The van der Waals surface area contributed by atoms with E-state index in [9.17, 15) is 9.59 Å². The van der Waals surface area contributed by atoms with Crippen molar-refractivity contribution in [2.75, 3.05) is 13.7 Å². The lowest BCUT2D eigenvalue weighted by Crippen LogP contribution is -2.45. The highest BCUT2D eigenvalue weighted by Gasteiger charge is 2.25. The van der Waals surface area contributed by atoms with E-state index in [-0.39, 0.29) is 0 Å². The van der Waals surface area contributed by atoms with Gasteiger partial charge in [0.1, 0.15) is 17.4 Å². The van der Waals surface area contributed by atoms with E-state index in [0.29, 0.717) is 13.0 Å². The third-order valence-electron chi connectivity index (χ3n) is 2.85. The van der Waals surface area contributed by atoms with E-state index in [1.807, 2.05) is 31.2 Å². The van der Waals surface area contributed by atoms with Gasteiger partial charge in [-0.05, 0) is 45.4 Å². The fraction of sp³-hybridized carbons (Fsp3) is 0.529. The maximum absolute atomic E-state index is 11.9. The van der Waals surface area contributed by atoms with Gasteiger partial charge in [0.05, 0.1) is 13.7 Å². The van der Waals surface area contributed by atoms with E-state index in [1.165, 1.54) is 7.11 Å². The standard InChI is InChI=1S/C17H25NO5/c1-6-22-13-9-7-12(8-10-13)11-14(15(19)21-5)18-16(20)23-17(2,3)4/h7-10,14H,6,11H2,1-5H3,(H,18,20)/t14-/m0/s1. The fourth-order valence-corrected chi connectivity index (χ4v) is 1.91. The van der Waals surface area contributed by atoms with E-state index >= 15 is 0 Å². The van der Waals surface area contributed by atoms with Gasteiger partial charge in [-0.25, -0.2) is 9.59 Å². The van der Waals surface area contributed by atoms with Crippen LogP contribution in [-0.4, -0.2) is 37.4 Å². The highest BCUT2D eigenvalue weighted by atomic mass is 16.6. The summed E-state index contributed by atoms with van der Waals surface area (Å²) in [4.78, 5) is 23.7. The summed E-state index contributed by atoms with van der Waals surface area (Å²) in [6, 6.07) is 6.52. The number of hydrogen-bond donors (Lipinski definition) is 1. The Hall–Kier alpha value is -2.24. The van der Waals surface area contributed by atoms with E-state index < -0.39 is 23.7 Å².